The zero-order valence-electron chi connectivity index (χ0n) is 8.88. The Morgan fingerprint density at radius 1 is 0.857 bits per heavy atom. The van der Waals surface area contributed by atoms with E-state index in [0.29, 0.717) is 12.8 Å². The summed E-state index contributed by atoms with van der Waals surface area (Å²) < 4.78 is 0. The fourth-order valence-electron chi connectivity index (χ4n) is 0.819. The molecule has 0 saturated carbocycles. The third-order valence-electron chi connectivity index (χ3n) is 1.70. The van der Waals surface area contributed by atoms with Crippen LogP contribution in [0.3, 0.4) is 0 Å². The Morgan fingerprint density at radius 2 is 1.21 bits per heavy atom. The largest absolute Gasteiger partial charge is 0.286 e. The molecule has 82 valence electrons. The van der Waals surface area contributed by atoms with Crippen LogP contribution in [0.15, 0.2) is 0 Å². The molecule has 14 heavy (non-hydrogen) atoms. The summed E-state index contributed by atoms with van der Waals surface area (Å²) in [6.45, 7) is 4.11. The second-order valence-corrected chi connectivity index (χ2v) is 5.36. The molecule has 0 heterocycles. The molecule has 0 radical (unpaired) electrons. The van der Waals surface area contributed by atoms with Gasteiger partial charge in [0.2, 0.25) is 0 Å². The highest BCUT2D eigenvalue weighted by atomic mass is 33.1. The maximum atomic E-state index is 11.2. The van der Waals surface area contributed by atoms with Crippen LogP contribution in [-0.2, 0) is 9.59 Å². The first-order chi connectivity index (χ1) is 6.70. The van der Waals surface area contributed by atoms with E-state index in [1.54, 1.807) is 0 Å². The van der Waals surface area contributed by atoms with Crippen LogP contribution in [0.1, 0.15) is 52.4 Å². The van der Waals surface area contributed by atoms with E-state index >= 15 is 0 Å². The van der Waals surface area contributed by atoms with Crippen molar-refractivity contribution in [3.05, 3.63) is 0 Å². The van der Waals surface area contributed by atoms with Gasteiger partial charge in [-0.2, -0.15) is 0 Å². The van der Waals surface area contributed by atoms with Crippen molar-refractivity contribution in [2.24, 2.45) is 0 Å². The van der Waals surface area contributed by atoms with E-state index in [1.807, 2.05) is 0 Å². The van der Waals surface area contributed by atoms with Gasteiger partial charge < -0.3 is 0 Å². The first-order valence-electron chi connectivity index (χ1n) is 5.10. The SMILES string of the molecule is CCCCC(=O)SSC(=O)CCCC. The third-order valence-corrected chi connectivity index (χ3v) is 3.93. The molecule has 0 aliphatic carbocycles. The molecule has 0 aromatic rings. The average molecular weight is 234 g/mol. The maximum Gasteiger partial charge on any atom is 0.199 e. The maximum absolute atomic E-state index is 11.2. The Bertz CT molecular complexity index is 161. The van der Waals surface area contributed by atoms with Gasteiger partial charge >= 0.3 is 0 Å². The summed E-state index contributed by atoms with van der Waals surface area (Å²) in [5, 5.41) is 0.253. The standard InChI is InChI=1S/C10H18O2S2/c1-3-5-7-9(11)13-14-10(12)8-6-4-2/h3-8H2,1-2H3. The third kappa shape index (κ3) is 8.63. The molecule has 0 saturated heterocycles. The molecule has 0 amide bonds. The van der Waals surface area contributed by atoms with Crippen molar-refractivity contribution in [3.63, 3.8) is 0 Å². The second-order valence-electron chi connectivity index (χ2n) is 3.12. The first-order valence-corrected chi connectivity index (χ1v) is 7.25. The minimum Gasteiger partial charge on any atom is -0.286 e. The van der Waals surface area contributed by atoms with Gasteiger partial charge in [0.25, 0.3) is 0 Å². The highest BCUT2D eigenvalue weighted by molar-refractivity contribution is 8.87. The van der Waals surface area contributed by atoms with Gasteiger partial charge in [0.05, 0.1) is 0 Å². The number of carbonyl (C=O) groups excluding carboxylic acids is 2. The Balaban J connectivity index is 3.41. The normalized spacial score (nSPS) is 10.1. The lowest BCUT2D eigenvalue weighted by molar-refractivity contribution is -0.112. The fraction of sp³-hybridized carbons (Fsp3) is 0.800. The van der Waals surface area contributed by atoms with Crippen LogP contribution in [0.4, 0.5) is 0 Å². The summed E-state index contributed by atoms with van der Waals surface area (Å²) in [6, 6.07) is 0. The van der Waals surface area contributed by atoms with Gasteiger partial charge in [-0.25, -0.2) is 0 Å². The Kier molecular flexibility index (Phi) is 9.62. The summed E-state index contributed by atoms with van der Waals surface area (Å²) in [4.78, 5) is 22.3. The quantitative estimate of drug-likeness (QED) is 0.655. The predicted octanol–water partition coefficient (Wildman–Crippen LogP) is 3.80. The van der Waals surface area contributed by atoms with Crippen molar-refractivity contribution in [2.75, 3.05) is 0 Å². The predicted molar refractivity (Wildman–Crippen MR) is 64.2 cm³/mol. The number of rotatable bonds is 6. The van der Waals surface area contributed by atoms with Gasteiger partial charge in [0.1, 0.15) is 0 Å². The Labute approximate surface area is 94.0 Å². The lowest BCUT2D eigenvalue weighted by atomic mass is 10.3. The zero-order chi connectivity index (χ0) is 10.8. The van der Waals surface area contributed by atoms with Gasteiger partial charge in [0, 0.05) is 12.8 Å². The van der Waals surface area contributed by atoms with Gasteiger partial charge in [0.15, 0.2) is 10.2 Å². The Hall–Kier alpha value is 0.0400. The first kappa shape index (κ1) is 14.0. The molecule has 0 bridgehead atoms. The fourth-order valence-corrected chi connectivity index (χ4v) is 2.52. The van der Waals surface area contributed by atoms with Crippen molar-refractivity contribution in [1.82, 2.24) is 0 Å². The van der Waals surface area contributed by atoms with Crippen molar-refractivity contribution in [3.8, 4) is 0 Å². The van der Waals surface area contributed by atoms with Crippen LogP contribution in [0.25, 0.3) is 0 Å². The smallest absolute Gasteiger partial charge is 0.199 e. The van der Waals surface area contributed by atoms with E-state index in [4.69, 9.17) is 0 Å². The molecule has 0 aliphatic heterocycles. The minimum atomic E-state index is 0.127. The zero-order valence-corrected chi connectivity index (χ0v) is 10.5. The summed E-state index contributed by atoms with van der Waals surface area (Å²) >= 11 is 0. The molecule has 0 fully saturated rings. The molecule has 0 atom stereocenters. The lowest BCUT2D eigenvalue weighted by Gasteiger charge is -1.98. The summed E-state index contributed by atoms with van der Waals surface area (Å²) in [7, 11) is 2.21. The van der Waals surface area contributed by atoms with E-state index in [2.05, 4.69) is 13.8 Å². The summed E-state index contributed by atoms with van der Waals surface area (Å²) in [5.41, 5.74) is 0. The van der Waals surface area contributed by atoms with Crippen LogP contribution in [-0.4, -0.2) is 10.2 Å². The number of unbranched alkanes of at least 4 members (excludes halogenated alkanes) is 2. The van der Waals surface area contributed by atoms with E-state index in [9.17, 15) is 9.59 Å². The highest BCUT2D eigenvalue weighted by Crippen LogP contribution is 2.26. The van der Waals surface area contributed by atoms with Crippen LogP contribution >= 0.6 is 21.6 Å². The molecule has 0 aromatic carbocycles. The summed E-state index contributed by atoms with van der Waals surface area (Å²) in [6.07, 6.45) is 5.09. The number of hydrogen-bond donors (Lipinski definition) is 0. The van der Waals surface area contributed by atoms with Gasteiger partial charge in [-0.05, 0) is 34.4 Å². The van der Waals surface area contributed by atoms with Crippen LogP contribution in [0.2, 0.25) is 0 Å². The molecule has 0 aromatic heterocycles. The van der Waals surface area contributed by atoms with Crippen LogP contribution in [0.5, 0.6) is 0 Å². The molecule has 2 nitrogen and oxygen atoms in total. The van der Waals surface area contributed by atoms with Gasteiger partial charge in [-0.3, -0.25) is 9.59 Å². The van der Waals surface area contributed by atoms with Crippen molar-refractivity contribution >= 4 is 31.8 Å². The van der Waals surface area contributed by atoms with E-state index in [0.717, 1.165) is 47.3 Å². The van der Waals surface area contributed by atoms with E-state index < -0.39 is 0 Å². The molecular weight excluding hydrogens is 216 g/mol. The van der Waals surface area contributed by atoms with Crippen LogP contribution < -0.4 is 0 Å². The van der Waals surface area contributed by atoms with Crippen molar-refractivity contribution in [2.45, 2.75) is 52.4 Å². The number of carbonyl (C=O) groups is 2. The molecule has 0 N–H and O–H groups in total. The topological polar surface area (TPSA) is 34.1 Å². The second kappa shape index (κ2) is 9.59. The van der Waals surface area contributed by atoms with Gasteiger partial charge in [-0.1, -0.05) is 26.7 Å². The molecule has 0 spiro atoms. The van der Waals surface area contributed by atoms with Crippen LogP contribution in [0, 0.1) is 0 Å². The molecule has 0 rings (SSSR count). The summed E-state index contributed by atoms with van der Waals surface area (Å²) in [5.74, 6) is 0. The lowest BCUT2D eigenvalue weighted by Crippen LogP contribution is -1.92. The molecule has 0 unspecified atom stereocenters. The molecular formula is C10H18O2S2. The van der Waals surface area contributed by atoms with Crippen molar-refractivity contribution < 1.29 is 9.59 Å². The van der Waals surface area contributed by atoms with E-state index in [-0.39, 0.29) is 10.2 Å². The average Bonchev–Trinajstić information content (AvgIpc) is 2.20. The number of hydrogen-bond acceptors (Lipinski definition) is 4. The monoisotopic (exact) mass is 234 g/mol. The van der Waals surface area contributed by atoms with Crippen molar-refractivity contribution in [1.29, 1.82) is 0 Å². The molecule has 4 heteroatoms. The molecule has 0 aliphatic rings. The minimum absolute atomic E-state index is 0.127. The Morgan fingerprint density at radius 3 is 1.50 bits per heavy atom. The van der Waals surface area contributed by atoms with Gasteiger partial charge in [-0.15, -0.1) is 0 Å². The van der Waals surface area contributed by atoms with E-state index in [1.165, 1.54) is 0 Å². The highest BCUT2D eigenvalue weighted by Gasteiger charge is 2.07.